The largest absolute Gasteiger partial charge is 0.482 e. The number of fused-ring (bicyclic) bond motifs is 1. The van der Waals surface area contributed by atoms with Crippen LogP contribution in [0.5, 0.6) is 5.75 Å². The number of nitrogens with one attached hydrogen (secondary N) is 1. The van der Waals surface area contributed by atoms with Crippen molar-refractivity contribution >= 4 is 29.5 Å². The highest BCUT2D eigenvalue weighted by Crippen LogP contribution is 2.31. The number of carbonyl (C=O) groups excluding carboxylic acids is 2. The van der Waals surface area contributed by atoms with E-state index in [0.29, 0.717) is 18.0 Å². The van der Waals surface area contributed by atoms with Gasteiger partial charge in [0.2, 0.25) is 0 Å². The molecule has 0 saturated carbocycles. The van der Waals surface area contributed by atoms with Crippen LogP contribution in [0.25, 0.3) is 0 Å². The molecule has 0 unspecified atom stereocenters. The molecule has 1 aliphatic heterocycles. The molecule has 0 saturated heterocycles. The van der Waals surface area contributed by atoms with Crippen molar-refractivity contribution in [2.75, 3.05) is 18.6 Å². The summed E-state index contributed by atoms with van der Waals surface area (Å²) in [4.78, 5) is 23.7. The van der Waals surface area contributed by atoms with Crippen LogP contribution in [-0.4, -0.2) is 24.8 Å². The van der Waals surface area contributed by atoms with Crippen LogP contribution in [0, 0.1) is 0 Å². The van der Waals surface area contributed by atoms with Crippen LogP contribution in [0.3, 0.4) is 0 Å². The summed E-state index contributed by atoms with van der Waals surface area (Å²) in [6.07, 6.45) is 0. The molecule has 6 heteroatoms. The van der Waals surface area contributed by atoms with Crippen molar-refractivity contribution in [1.29, 1.82) is 0 Å². The Hall–Kier alpha value is -1.69. The van der Waals surface area contributed by atoms with Crippen LogP contribution >= 0.6 is 12.6 Å². The number of anilines is 1. The Labute approximate surface area is 104 Å². The lowest BCUT2D eigenvalue weighted by molar-refractivity contribution is -0.120. The number of ether oxygens (including phenoxy) is 1. The van der Waals surface area contributed by atoms with Gasteiger partial charge >= 0.3 is 0 Å². The van der Waals surface area contributed by atoms with Crippen molar-refractivity contribution in [3.05, 3.63) is 23.8 Å². The Kier molecular flexibility index (Phi) is 3.23. The van der Waals surface area contributed by atoms with Crippen molar-refractivity contribution in [3.8, 4) is 5.75 Å². The number of hydrogen-bond donors (Lipinski definition) is 2. The van der Waals surface area contributed by atoms with Gasteiger partial charge in [0.1, 0.15) is 5.75 Å². The van der Waals surface area contributed by atoms with E-state index in [1.807, 2.05) is 12.1 Å². The van der Waals surface area contributed by atoms with Crippen molar-refractivity contribution < 1.29 is 14.3 Å². The summed E-state index contributed by atoms with van der Waals surface area (Å²) in [5.41, 5.74) is 1.60. The highest BCUT2D eigenvalue weighted by atomic mass is 32.1. The van der Waals surface area contributed by atoms with Gasteiger partial charge in [0.15, 0.2) is 6.61 Å². The molecule has 0 atom stereocenters. The van der Waals surface area contributed by atoms with E-state index in [9.17, 15) is 9.59 Å². The predicted molar refractivity (Wildman–Crippen MR) is 66.6 cm³/mol. The first-order valence-electron chi connectivity index (χ1n) is 5.07. The summed E-state index contributed by atoms with van der Waals surface area (Å²) >= 11 is 3.62. The van der Waals surface area contributed by atoms with Gasteiger partial charge < -0.3 is 15.0 Å². The number of carbonyl (C=O) groups is 2. The van der Waals surface area contributed by atoms with Crippen LogP contribution in [0.1, 0.15) is 5.56 Å². The fourth-order valence-corrected chi connectivity index (χ4v) is 1.68. The second kappa shape index (κ2) is 4.67. The Morgan fingerprint density at radius 3 is 3.06 bits per heavy atom. The van der Waals surface area contributed by atoms with Gasteiger partial charge in [-0.05, 0) is 17.7 Å². The molecule has 17 heavy (non-hydrogen) atoms. The van der Waals surface area contributed by atoms with Crippen LogP contribution in [0.4, 0.5) is 10.5 Å². The minimum atomic E-state index is -0.386. The van der Waals surface area contributed by atoms with Crippen molar-refractivity contribution in [1.82, 2.24) is 5.32 Å². The summed E-state index contributed by atoms with van der Waals surface area (Å²) in [5.74, 6) is 0.584. The molecule has 2 rings (SSSR count). The third-order valence-corrected chi connectivity index (χ3v) is 2.71. The Morgan fingerprint density at radius 2 is 2.35 bits per heavy atom. The lowest BCUT2D eigenvalue weighted by atomic mass is 10.1. The number of amides is 2. The monoisotopic (exact) mass is 252 g/mol. The summed E-state index contributed by atoms with van der Waals surface area (Å²) in [6, 6.07) is 5.45. The molecule has 1 N–H and O–H groups in total. The number of benzene rings is 1. The zero-order valence-corrected chi connectivity index (χ0v) is 10.2. The Balaban J connectivity index is 2.23. The predicted octanol–water partition coefficient (Wildman–Crippen LogP) is 1.18. The van der Waals surface area contributed by atoms with Crippen molar-refractivity contribution in [2.24, 2.45) is 0 Å². The molecule has 0 fully saturated rings. The summed E-state index contributed by atoms with van der Waals surface area (Å²) in [5, 5.41) is 2.19. The summed E-state index contributed by atoms with van der Waals surface area (Å²) in [7, 11) is 1.70. The summed E-state index contributed by atoms with van der Waals surface area (Å²) in [6.45, 7) is 0.438. The third kappa shape index (κ3) is 2.52. The van der Waals surface area contributed by atoms with Gasteiger partial charge in [0.25, 0.3) is 11.1 Å². The van der Waals surface area contributed by atoms with E-state index < -0.39 is 0 Å². The van der Waals surface area contributed by atoms with E-state index in [1.54, 1.807) is 18.0 Å². The molecule has 5 nitrogen and oxygen atoms in total. The van der Waals surface area contributed by atoms with Crippen LogP contribution < -0.4 is 15.0 Å². The topological polar surface area (TPSA) is 58.6 Å². The number of likely N-dealkylation sites (N-methyl/N-ethyl adjacent to an activating group) is 1. The van der Waals surface area contributed by atoms with Crippen molar-refractivity contribution in [3.63, 3.8) is 0 Å². The van der Waals surface area contributed by atoms with Gasteiger partial charge in [-0.2, -0.15) is 0 Å². The molecule has 1 aromatic rings. The van der Waals surface area contributed by atoms with Crippen LogP contribution in [0.15, 0.2) is 18.2 Å². The average Bonchev–Trinajstić information content (AvgIpc) is 2.31. The first kappa shape index (κ1) is 11.8. The van der Waals surface area contributed by atoms with E-state index in [2.05, 4.69) is 17.9 Å². The van der Waals surface area contributed by atoms with E-state index in [1.165, 1.54) is 0 Å². The standard InChI is InChI=1S/C11H12N2O3S/c1-13-8-4-7(5-12-11(15)17)2-3-9(8)16-6-10(13)14/h2-4H,5-6H2,1H3,(H2,12,15,17). The maximum atomic E-state index is 11.5. The third-order valence-electron chi connectivity index (χ3n) is 2.55. The van der Waals surface area contributed by atoms with Gasteiger partial charge in [-0.15, -0.1) is 0 Å². The van der Waals surface area contributed by atoms with Gasteiger partial charge in [0, 0.05) is 13.6 Å². The van der Waals surface area contributed by atoms with E-state index in [-0.39, 0.29) is 17.8 Å². The molecule has 0 radical (unpaired) electrons. The molecule has 0 spiro atoms. The molecule has 1 heterocycles. The highest BCUT2D eigenvalue weighted by molar-refractivity contribution is 7.96. The first-order valence-corrected chi connectivity index (χ1v) is 5.51. The molecule has 1 aliphatic rings. The summed E-state index contributed by atoms with van der Waals surface area (Å²) < 4.78 is 5.29. The number of nitrogens with zero attached hydrogens (tertiary/aromatic N) is 1. The van der Waals surface area contributed by atoms with Crippen molar-refractivity contribution in [2.45, 2.75) is 6.54 Å². The molecular formula is C11H12N2O3S. The normalized spacial score (nSPS) is 14.0. The number of thiol groups is 1. The molecule has 90 valence electrons. The fourth-order valence-electron chi connectivity index (χ4n) is 1.61. The molecule has 0 bridgehead atoms. The molecule has 1 aromatic carbocycles. The minimum Gasteiger partial charge on any atom is -0.482 e. The van der Waals surface area contributed by atoms with Crippen LogP contribution in [-0.2, 0) is 11.3 Å². The van der Waals surface area contributed by atoms with Gasteiger partial charge in [-0.3, -0.25) is 9.59 Å². The van der Waals surface area contributed by atoms with Crippen LogP contribution in [0.2, 0.25) is 0 Å². The quantitative estimate of drug-likeness (QED) is 0.777. The highest BCUT2D eigenvalue weighted by Gasteiger charge is 2.22. The smallest absolute Gasteiger partial charge is 0.276 e. The second-order valence-electron chi connectivity index (χ2n) is 3.70. The maximum absolute atomic E-state index is 11.5. The maximum Gasteiger partial charge on any atom is 0.276 e. The molecular weight excluding hydrogens is 240 g/mol. The minimum absolute atomic E-state index is 0.0657. The number of hydrogen-bond acceptors (Lipinski definition) is 3. The zero-order valence-electron chi connectivity index (χ0n) is 9.27. The first-order chi connectivity index (χ1) is 8.08. The van der Waals surface area contributed by atoms with Gasteiger partial charge in [-0.25, -0.2) is 0 Å². The zero-order chi connectivity index (χ0) is 12.4. The van der Waals surface area contributed by atoms with Gasteiger partial charge in [0.05, 0.1) is 5.69 Å². The fraction of sp³-hybridized carbons (Fsp3) is 0.273. The second-order valence-corrected chi connectivity index (χ2v) is 4.11. The van der Waals surface area contributed by atoms with E-state index in [0.717, 1.165) is 5.56 Å². The van der Waals surface area contributed by atoms with E-state index >= 15 is 0 Å². The number of rotatable bonds is 2. The lowest BCUT2D eigenvalue weighted by Crippen LogP contribution is -2.35. The molecule has 0 aromatic heterocycles. The lowest BCUT2D eigenvalue weighted by Gasteiger charge is -2.26. The Bertz CT molecular complexity index is 476. The molecule has 0 aliphatic carbocycles. The van der Waals surface area contributed by atoms with Gasteiger partial charge in [-0.1, -0.05) is 18.7 Å². The SMILES string of the molecule is CN1C(=O)COc2ccc(CNC(=O)S)cc21. The Morgan fingerprint density at radius 1 is 1.59 bits per heavy atom. The molecule has 2 amide bonds. The van der Waals surface area contributed by atoms with E-state index in [4.69, 9.17) is 4.74 Å². The average molecular weight is 252 g/mol.